The maximum Gasteiger partial charge on any atom is 0.155 e. The molecule has 2 aromatic rings. The Hall–Kier alpha value is -1.61. The molecule has 0 spiro atoms. The fourth-order valence-electron chi connectivity index (χ4n) is 1.69. The van der Waals surface area contributed by atoms with Gasteiger partial charge >= 0.3 is 0 Å². The van der Waals surface area contributed by atoms with Crippen molar-refractivity contribution in [2.75, 3.05) is 6.61 Å². The van der Waals surface area contributed by atoms with Crippen LogP contribution in [-0.4, -0.2) is 16.6 Å². The molecule has 0 fully saturated rings. The van der Waals surface area contributed by atoms with Crippen LogP contribution in [0.1, 0.15) is 24.7 Å². The van der Waals surface area contributed by atoms with E-state index < -0.39 is 0 Å². The van der Waals surface area contributed by atoms with Gasteiger partial charge in [-0.2, -0.15) is 0 Å². The Balaban J connectivity index is 2.29. The smallest absolute Gasteiger partial charge is 0.155 e. The summed E-state index contributed by atoms with van der Waals surface area (Å²) in [5, 5.41) is 0.435. The average Bonchev–Trinajstić information content (AvgIpc) is 2.41. The predicted octanol–water partition coefficient (Wildman–Crippen LogP) is 4.20. The van der Waals surface area contributed by atoms with Gasteiger partial charge in [0.15, 0.2) is 5.15 Å². The number of hydrogen-bond acceptors (Lipinski definition) is 3. The van der Waals surface area contributed by atoms with Crippen LogP contribution in [0.2, 0.25) is 5.15 Å². The molecule has 0 bridgehead atoms. The SMILES string of the molecule is CCCOc1ccc(-c2nc(C)c(C)nc2Cl)cc1. The molecule has 1 aromatic carbocycles. The summed E-state index contributed by atoms with van der Waals surface area (Å²) in [6.45, 7) is 6.64. The van der Waals surface area contributed by atoms with Crippen molar-refractivity contribution >= 4 is 11.6 Å². The highest BCUT2D eigenvalue weighted by Crippen LogP contribution is 2.27. The lowest BCUT2D eigenvalue weighted by Crippen LogP contribution is -1.97. The Morgan fingerprint density at radius 3 is 2.32 bits per heavy atom. The summed E-state index contributed by atoms with van der Waals surface area (Å²) in [4.78, 5) is 8.79. The molecular formula is C15H17ClN2O. The second-order valence-corrected chi connectivity index (χ2v) is 4.76. The van der Waals surface area contributed by atoms with Crippen molar-refractivity contribution in [1.29, 1.82) is 0 Å². The minimum absolute atomic E-state index is 0.435. The summed E-state index contributed by atoms with van der Waals surface area (Å²) in [5.41, 5.74) is 3.42. The summed E-state index contributed by atoms with van der Waals surface area (Å²) in [7, 11) is 0. The molecule has 0 aliphatic rings. The lowest BCUT2D eigenvalue weighted by molar-refractivity contribution is 0.317. The van der Waals surface area contributed by atoms with E-state index in [9.17, 15) is 0 Å². The van der Waals surface area contributed by atoms with Crippen LogP contribution in [-0.2, 0) is 0 Å². The van der Waals surface area contributed by atoms with E-state index in [1.54, 1.807) is 0 Å². The number of rotatable bonds is 4. The molecule has 0 saturated carbocycles. The molecular weight excluding hydrogens is 260 g/mol. The van der Waals surface area contributed by atoms with Gasteiger partial charge in [0.25, 0.3) is 0 Å². The van der Waals surface area contributed by atoms with E-state index in [1.807, 2.05) is 38.1 Å². The van der Waals surface area contributed by atoms with Gasteiger partial charge in [0, 0.05) is 5.56 Å². The van der Waals surface area contributed by atoms with E-state index in [0.29, 0.717) is 10.8 Å². The van der Waals surface area contributed by atoms with Gasteiger partial charge in [-0.1, -0.05) is 18.5 Å². The maximum atomic E-state index is 6.15. The molecule has 0 amide bonds. The third-order valence-corrected chi connectivity index (χ3v) is 3.13. The van der Waals surface area contributed by atoms with Gasteiger partial charge in [-0.15, -0.1) is 0 Å². The molecule has 0 radical (unpaired) electrons. The van der Waals surface area contributed by atoms with Crippen LogP contribution >= 0.6 is 11.6 Å². The van der Waals surface area contributed by atoms with Crippen LogP contribution < -0.4 is 4.74 Å². The predicted molar refractivity (Wildman–Crippen MR) is 77.7 cm³/mol. The fraction of sp³-hybridized carbons (Fsp3) is 0.333. The van der Waals surface area contributed by atoms with Crippen molar-refractivity contribution < 1.29 is 4.74 Å². The van der Waals surface area contributed by atoms with E-state index in [-0.39, 0.29) is 0 Å². The molecule has 4 heteroatoms. The first kappa shape index (κ1) is 13.8. The second-order valence-electron chi connectivity index (χ2n) is 4.41. The van der Waals surface area contributed by atoms with Gasteiger partial charge in [0.05, 0.1) is 18.0 Å². The van der Waals surface area contributed by atoms with Crippen molar-refractivity contribution in [2.45, 2.75) is 27.2 Å². The number of halogens is 1. The Morgan fingerprint density at radius 2 is 1.68 bits per heavy atom. The topological polar surface area (TPSA) is 35.0 Å². The van der Waals surface area contributed by atoms with Crippen molar-refractivity contribution in [1.82, 2.24) is 9.97 Å². The lowest BCUT2D eigenvalue weighted by atomic mass is 10.1. The molecule has 19 heavy (non-hydrogen) atoms. The quantitative estimate of drug-likeness (QED) is 0.839. The third-order valence-electron chi connectivity index (χ3n) is 2.86. The summed E-state index contributed by atoms with van der Waals surface area (Å²) in [6, 6.07) is 7.77. The monoisotopic (exact) mass is 276 g/mol. The van der Waals surface area contributed by atoms with Crippen LogP contribution in [0.25, 0.3) is 11.3 Å². The van der Waals surface area contributed by atoms with Gasteiger partial charge in [0.2, 0.25) is 0 Å². The number of hydrogen-bond donors (Lipinski definition) is 0. The number of benzene rings is 1. The average molecular weight is 277 g/mol. The molecule has 2 rings (SSSR count). The molecule has 1 aromatic heterocycles. The van der Waals surface area contributed by atoms with Gasteiger partial charge in [-0.25, -0.2) is 9.97 Å². The standard InChI is InChI=1S/C15H17ClN2O/c1-4-9-19-13-7-5-12(6-8-13)14-15(16)18-11(3)10(2)17-14/h5-8H,4,9H2,1-3H3. The zero-order valence-electron chi connectivity index (χ0n) is 11.4. The molecule has 0 saturated heterocycles. The molecule has 0 atom stereocenters. The summed E-state index contributed by atoms with van der Waals surface area (Å²) in [6.07, 6.45) is 0.996. The summed E-state index contributed by atoms with van der Waals surface area (Å²) >= 11 is 6.15. The van der Waals surface area contributed by atoms with E-state index in [1.165, 1.54) is 0 Å². The first-order valence-electron chi connectivity index (χ1n) is 6.35. The molecule has 0 aliphatic heterocycles. The zero-order valence-corrected chi connectivity index (χ0v) is 12.2. The molecule has 0 aliphatic carbocycles. The van der Waals surface area contributed by atoms with Crippen molar-refractivity contribution in [3.05, 3.63) is 40.8 Å². The molecule has 0 N–H and O–H groups in total. The lowest BCUT2D eigenvalue weighted by Gasteiger charge is -2.08. The van der Waals surface area contributed by atoms with E-state index in [4.69, 9.17) is 16.3 Å². The van der Waals surface area contributed by atoms with Gasteiger partial charge in [-0.05, 0) is 44.5 Å². The molecule has 1 heterocycles. The Kier molecular flexibility index (Phi) is 4.38. The Bertz CT molecular complexity index is 567. The summed E-state index contributed by atoms with van der Waals surface area (Å²) < 4.78 is 5.55. The number of aromatic nitrogens is 2. The van der Waals surface area contributed by atoms with Crippen LogP contribution in [0.3, 0.4) is 0 Å². The molecule has 3 nitrogen and oxygen atoms in total. The van der Waals surface area contributed by atoms with E-state index in [2.05, 4.69) is 16.9 Å². The van der Waals surface area contributed by atoms with Crippen LogP contribution in [0, 0.1) is 13.8 Å². The van der Waals surface area contributed by atoms with Crippen LogP contribution in [0.15, 0.2) is 24.3 Å². The normalized spacial score (nSPS) is 10.5. The number of nitrogens with zero attached hydrogens (tertiary/aromatic N) is 2. The Morgan fingerprint density at radius 1 is 1.05 bits per heavy atom. The highest BCUT2D eigenvalue weighted by Gasteiger charge is 2.09. The highest BCUT2D eigenvalue weighted by atomic mass is 35.5. The van der Waals surface area contributed by atoms with E-state index >= 15 is 0 Å². The minimum atomic E-state index is 0.435. The fourth-order valence-corrected chi connectivity index (χ4v) is 1.97. The minimum Gasteiger partial charge on any atom is -0.494 e. The largest absolute Gasteiger partial charge is 0.494 e. The van der Waals surface area contributed by atoms with Crippen molar-refractivity contribution in [2.24, 2.45) is 0 Å². The second kappa shape index (κ2) is 6.02. The van der Waals surface area contributed by atoms with Gasteiger partial charge in [0.1, 0.15) is 11.4 Å². The first-order valence-corrected chi connectivity index (χ1v) is 6.73. The van der Waals surface area contributed by atoms with Crippen LogP contribution in [0.5, 0.6) is 5.75 Å². The van der Waals surface area contributed by atoms with Crippen molar-refractivity contribution in [3.8, 4) is 17.0 Å². The maximum absolute atomic E-state index is 6.15. The molecule has 0 unspecified atom stereocenters. The highest BCUT2D eigenvalue weighted by molar-refractivity contribution is 6.31. The van der Waals surface area contributed by atoms with Crippen molar-refractivity contribution in [3.63, 3.8) is 0 Å². The summed E-state index contributed by atoms with van der Waals surface area (Å²) in [5.74, 6) is 0.860. The van der Waals surface area contributed by atoms with E-state index in [0.717, 1.165) is 35.7 Å². The zero-order chi connectivity index (χ0) is 13.8. The van der Waals surface area contributed by atoms with Crippen LogP contribution in [0.4, 0.5) is 0 Å². The van der Waals surface area contributed by atoms with Gasteiger partial charge < -0.3 is 4.74 Å². The first-order chi connectivity index (χ1) is 9.11. The Labute approximate surface area is 118 Å². The number of ether oxygens (including phenoxy) is 1. The third kappa shape index (κ3) is 3.24. The molecule has 100 valence electrons. The van der Waals surface area contributed by atoms with Gasteiger partial charge in [-0.3, -0.25) is 0 Å². The number of aryl methyl sites for hydroxylation is 2.